The van der Waals surface area contributed by atoms with Gasteiger partial charge in [-0.15, -0.1) is 0 Å². The Morgan fingerprint density at radius 3 is 2.77 bits per heavy atom. The molecule has 0 aliphatic carbocycles. The van der Waals surface area contributed by atoms with Gasteiger partial charge < -0.3 is 4.98 Å². The number of nitrogens with one attached hydrogen (secondary N) is 2. The monoisotopic (exact) mass is 178 g/mol. The Morgan fingerprint density at radius 2 is 2.31 bits per heavy atom. The second-order valence-corrected chi connectivity index (χ2v) is 3.16. The van der Waals surface area contributed by atoms with Crippen molar-refractivity contribution in [1.82, 2.24) is 15.3 Å². The molecule has 2 unspecified atom stereocenters. The summed E-state index contributed by atoms with van der Waals surface area (Å²) in [6, 6.07) is 2.12. The number of hydrogen-bond donors (Lipinski definition) is 2. The standard InChI is InChI=1S/C9H14N4/c1-6(4-10)12-7(2)9-5-11-8(3)13-9/h5-7,12H,1-3H3,(H,11,13). The molecule has 2 atom stereocenters. The van der Waals surface area contributed by atoms with Crippen LogP contribution in [-0.2, 0) is 0 Å². The number of aromatic nitrogens is 2. The van der Waals surface area contributed by atoms with Crippen LogP contribution in [0.2, 0.25) is 0 Å². The van der Waals surface area contributed by atoms with Crippen molar-refractivity contribution in [3.8, 4) is 6.07 Å². The molecule has 1 heterocycles. The van der Waals surface area contributed by atoms with Gasteiger partial charge in [0.2, 0.25) is 0 Å². The average Bonchev–Trinajstić information content (AvgIpc) is 2.51. The van der Waals surface area contributed by atoms with Crippen molar-refractivity contribution < 1.29 is 0 Å². The van der Waals surface area contributed by atoms with Gasteiger partial charge in [0.1, 0.15) is 5.82 Å². The number of aromatic amines is 1. The zero-order chi connectivity index (χ0) is 9.84. The lowest BCUT2D eigenvalue weighted by Gasteiger charge is -2.12. The number of H-pyrrole nitrogens is 1. The normalized spacial score (nSPS) is 14.9. The van der Waals surface area contributed by atoms with Crippen LogP contribution in [-0.4, -0.2) is 16.0 Å². The first kappa shape index (κ1) is 9.75. The van der Waals surface area contributed by atoms with Gasteiger partial charge in [-0.05, 0) is 20.8 Å². The van der Waals surface area contributed by atoms with Crippen molar-refractivity contribution in [3.63, 3.8) is 0 Å². The van der Waals surface area contributed by atoms with Gasteiger partial charge in [-0.3, -0.25) is 5.32 Å². The SMILES string of the molecule is Cc1ncc(C(C)NC(C)C#N)[nH]1. The molecular formula is C9H14N4. The van der Waals surface area contributed by atoms with Gasteiger partial charge >= 0.3 is 0 Å². The minimum Gasteiger partial charge on any atom is -0.345 e. The molecule has 0 saturated carbocycles. The molecule has 2 N–H and O–H groups in total. The highest BCUT2D eigenvalue weighted by Crippen LogP contribution is 2.09. The first-order valence-electron chi connectivity index (χ1n) is 4.30. The lowest BCUT2D eigenvalue weighted by atomic mass is 10.2. The highest BCUT2D eigenvalue weighted by atomic mass is 15.0. The van der Waals surface area contributed by atoms with E-state index in [-0.39, 0.29) is 12.1 Å². The van der Waals surface area contributed by atoms with Crippen LogP contribution < -0.4 is 5.32 Å². The van der Waals surface area contributed by atoms with E-state index >= 15 is 0 Å². The van der Waals surface area contributed by atoms with Crippen LogP contribution in [0.15, 0.2) is 6.20 Å². The summed E-state index contributed by atoms with van der Waals surface area (Å²) < 4.78 is 0. The van der Waals surface area contributed by atoms with Gasteiger partial charge in [0.25, 0.3) is 0 Å². The first-order valence-corrected chi connectivity index (χ1v) is 4.30. The molecule has 4 heteroatoms. The minimum absolute atomic E-state index is 0.135. The number of rotatable bonds is 3. The van der Waals surface area contributed by atoms with Gasteiger partial charge in [0.05, 0.1) is 17.8 Å². The molecule has 1 rings (SSSR count). The summed E-state index contributed by atoms with van der Waals surface area (Å²) in [7, 11) is 0. The van der Waals surface area contributed by atoms with E-state index < -0.39 is 0 Å². The van der Waals surface area contributed by atoms with Crippen molar-refractivity contribution in [3.05, 3.63) is 17.7 Å². The van der Waals surface area contributed by atoms with Crippen LogP contribution in [0.3, 0.4) is 0 Å². The predicted molar refractivity (Wildman–Crippen MR) is 50.0 cm³/mol. The van der Waals surface area contributed by atoms with E-state index in [2.05, 4.69) is 21.4 Å². The van der Waals surface area contributed by atoms with Crippen molar-refractivity contribution in [2.45, 2.75) is 32.9 Å². The zero-order valence-electron chi connectivity index (χ0n) is 8.13. The molecule has 0 radical (unpaired) electrons. The third-order valence-electron chi connectivity index (χ3n) is 1.88. The molecule has 0 fully saturated rings. The molecule has 0 aromatic carbocycles. The van der Waals surface area contributed by atoms with E-state index in [0.29, 0.717) is 0 Å². The maximum atomic E-state index is 8.60. The molecular weight excluding hydrogens is 164 g/mol. The summed E-state index contributed by atoms with van der Waals surface area (Å²) in [5.41, 5.74) is 1.01. The Kier molecular flexibility index (Phi) is 3.04. The third-order valence-corrected chi connectivity index (χ3v) is 1.88. The molecule has 0 aliphatic heterocycles. The van der Waals surface area contributed by atoms with Crippen molar-refractivity contribution in [2.24, 2.45) is 0 Å². The summed E-state index contributed by atoms with van der Waals surface area (Å²) in [5, 5.41) is 11.7. The third kappa shape index (κ3) is 2.56. The Balaban J connectivity index is 2.59. The Labute approximate surface area is 78.0 Å². The summed E-state index contributed by atoms with van der Waals surface area (Å²) >= 11 is 0. The highest BCUT2D eigenvalue weighted by molar-refractivity contribution is 5.06. The molecule has 0 saturated heterocycles. The Bertz CT molecular complexity index is 310. The number of nitrogens with zero attached hydrogens (tertiary/aromatic N) is 2. The summed E-state index contributed by atoms with van der Waals surface area (Å²) in [6.45, 7) is 5.74. The maximum Gasteiger partial charge on any atom is 0.103 e. The lowest BCUT2D eigenvalue weighted by Crippen LogP contribution is -2.27. The molecule has 0 amide bonds. The van der Waals surface area contributed by atoms with Crippen LogP contribution in [0.4, 0.5) is 0 Å². The van der Waals surface area contributed by atoms with Gasteiger partial charge in [-0.25, -0.2) is 4.98 Å². The van der Waals surface area contributed by atoms with E-state index in [1.54, 1.807) is 6.20 Å². The quantitative estimate of drug-likeness (QED) is 0.732. The van der Waals surface area contributed by atoms with Gasteiger partial charge in [-0.2, -0.15) is 5.26 Å². The van der Waals surface area contributed by atoms with Crippen molar-refractivity contribution >= 4 is 0 Å². The molecule has 13 heavy (non-hydrogen) atoms. The lowest BCUT2D eigenvalue weighted by molar-refractivity contribution is 0.533. The van der Waals surface area contributed by atoms with Crippen LogP contribution in [0.1, 0.15) is 31.4 Å². The second-order valence-electron chi connectivity index (χ2n) is 3.16. The smallest absolute Gasteiger partial charge is 0.103 e. The Morgan fingerprint density at radius 1 is 1.62 bits per heavy atom. The molecule has 0 bridgehead atoms. The van der Waals surface area contributed by atoms with E-state index in [1.807, 2.05) is 20.8 Å². The molecule has 1 aromatic heterocycles. The van der Waals surface area contributed by atoms with Crippen molar-refractivity contribution in [1.29, 1.82) is 5.26 Å². The highest BCUT2D eigenvalue weighted by Gasteiger charge is 2.09. The molecule has 70 valence electrons. The van der Waals surface area contributed by atoms with E-state index in [9.17, 15) is 0 Å². The number of nitriles is 1. The average molecular weight is 178 g/mol. The first-order chi connectivity index (χ1) is 6.13. The van der Waals surface area contributed by atoms with Gasteiger partial charge in [0, 0.05) is 12.2 Å². The minimum atomic E-state index is -0.140. The van der Waals surface area contributed by atoms with Gasteiger partial charge in [0.15, 0.2) is 0 Å². The molecule has 0 aliphatic rings. The fourth-order valence-electron chi connectivity index (χ4n) is 1.16. The van der Waals surface area contributed by atoms with Crippen molar-refractivity contribution in [2.75, 3.05) is 0 Å². The largest absolute Gasteiger partial charge is 0.345 e. The summed E-state index contributed by atoms with van der Waals surface area (Å²) in [5.74, 6) is 0.897. The van der Waals surface area contributed by atoms with Crippen LogP contribution in [0.25, 0.3) is 0 Å². The molecule has 4 nitrogen and oxygen atoms in total. The van der Waals surface area contributed by atoms with Gasteiger partial charge in [-0.1, -0.05) is 0 Å². The Hall–Kier alpha value is -1.34. The summed E-state index contributed by atoms with van der Waals surface area (Å²) in [4.78, 5) is 7.21. The number of imidazole rings is 1. The summed E-state index contributed by atoms with van der Waals surface area (Å²) in [6.07, 6.45) is 1.79. The second kappa shape index (κ2) is 4.06. The zero-order valence-corrected chi connectivity index (χ0v) is 8.13. The number of hydrogen-bond acceptors (Lipinski definition) is 3. The maximum absolute atomic E-state index is 8.60. The van der Waals surface area contributed by atoms with E-state index in [1.165, 1.54) is 0 Å². The fourth-order valence-corrected chi connectivity index (χ4v) is 1.16. The van der Waals surface area contributed by atoms with E-state index in [0.717, 1.165) is 11.5 Å². The number of aryl methyl sites for hydroxylation is 1. The van der Waals surface area contributed by atoms with E-state index in [4.69, 9.17) is 5.26 Å². The van der Waals surface area contributed by atoms with Crippen LogP contribution in [0.5, 0.6) is 0 Å². The topological polar surface area (TPSA) is 64.5 Å². The molecule has 1 aromatic rings. The predicted octanol–water partition coefficient (Wildman–Crippen LogP) is 1.28. The molecule has 0 spiro atoms. The fraction of sp³-hybridized carbons (Fsp3) is 0.556. The van der Waals surface area contributed by atoms with Crippen LogP contribution >= 0.6 is 0 Å². The van der Waals surface area contributed by atoms with Crippen LogP contribution in [0, 0.1) is 18.3 Å².